The molecule has 82 valence electrons. The van der Waals surface area contributed by atoms with Crippen LogP contribution >= 0.6 is 0 Å². The molecule has 2 heterocycles. The molecule has 1 aliphatic rings. The summed E-state index contributed by atoms with van der Waals surface area (Å²) in [5, 5.41) is 0. The number of rotatable bonds is 3. The molecule has 0 spiro atoms. The first-order valence-electron chi connectivity index (χ1n) is 5.31. The molecule has 4 heteroatoms. The largest absolute Gasteiger partial charge is 0.374 e. The van der Waals surface area contributed by atoms with Crippen molar-refractivity contribution in [3.63, 3.8) is 0 Å². The molecular weight excluding hydrogens is 190 g/mol. The average molecular weight is 207 g/mol. The van der Waals surface area contributed by atoms with Crippen LogP contribution in [0.15, 0.2) is 24.5 Å². The van der Waals surface area contributed by atoms with Crippen molar-refractivity contribution in [3.05, 3.63) is 30.1 Å². The lowest BCUT2D eigenvalue weighted by atomic mass is 10.2. The van der Waals surface area contributed by atoms with E-state index in [-0.39, 0.29) is 6.10 Å². The molecule has 0 amide bonds. The summed E-state index contributed by atoms with van der Waals surface area (Å²) in [4.78, 5) is 6.38. The van der Waals surface area contributed by atoms with Crippen LogP contribution in [0.1, 0.15) is 5.56 Å². The van der Waals surface area contributed by atoms with Crippen molar-refractivity contribution in [1.29, 1.82) is 0 Å². The molecule has 2 N–H and O–H groups in total. The Kier molecular flexibility index (Phi) is 3.66. The Balaban J connectivity index is 1.89. The summed E-state index contributed by atoms with van der Waals surface area (Å²) in [6, 6.07) is 4.10. The fraction of sp³-hybridized carbons (Fsp3) is 0.545. The molecule has 1 aromatic heterocycles. The molecule has 4 nitrogen and oxygen atoms in total. The molecular formula is C11H17N3O. The molecule has 0 aliphatic carbocycles. The van der Waals surface area contributed by atoms with E-state index < -0.39 is 0 Å². The summed E-state index contributed by atoms with van der Waals surface area (Å²) in [6.07, 6.45) is 3.85. The number of aromatic nitrogens is 1. The highest BCUT2D eigenvalue weighted by Gasteiger charge is 2.18. The third-order valence-electron chi connectivity index (χ3n) is 2.64. The van der Waals surface area contributed by atoms with E-state index in [4.69, 9.17) is 10.5 Å². The molecule has 1 aromatic rings. The molecule has 0 bridgehead atoms. The van der Waals surface area contributed by atoms with Gasteiger partial charge in [0.2, 0.25) is 0 Å². The van der Waals surface area contributed by atoms with Crippen molar-refractivity contribution in [3.8, 4) is 0 Å². The highest BCUT2D eigenvalue weighted by Crippen LogP contribution is 2.08. The fourth-order valence-corrected chi connectivity index (χ4v) is 1.81. The summed E-state index contributed by atoms with van der Waals surface area (Å²) in [6.45, 7) is 4.26. The van der Waals surface area contributed by atoms with Gasteiger partial charge in [-0.25, -0.2) is 0 Å². The molecule has 1 saturated heterocycles. The van der Waals surface area contributed by atoms with Crippen LogP contribution in [0.4, 0.5) is 0 Å². The minimum Gasteiger partial charge on any atom is -0.374 e. The van der Waals surface area contributed by atoms with Gasteiger partial charge in [0.1, 0.15) is 0 Å². The summed E-state index contributed by atoms with van der Waals surface area (Å²) < 4.78 is 5.52. The Morgan fingerprint density at radius 3 is 3.00 bits per heavy atom. The second-order valence-electron chi connectivity index (χ2n) is 3.82. The van der Waals surface area contributed by atoms with Gasteiger partial charge in [-0.3, -0.25) is 9.88 Å². The van der Waals surface area contributed by atoms with Gasteiger partial charge in [-0.1, -0.05) is 0 Å². The summed E-state index contributed by atoms with van der Waals surface area (Å²) >= 11 is 0. The first-order valence-corrected chi connectivity index (χ1v) is 5.31. The number of hydrogen-bond acceptors (Lipinski definition) is 4. The number of nitrogens with two attached hydrogens (primary N) is 1. The Hall–Kier alpha value is -0.970. The van der Waals surface area contributed by atoms with Crippen molar-refractivity contribution >= 4 is 0 Å². The van der Waals surface area contributed by atoms with Crippen LogP contribution in [-0.4, -0.2) is 42.2 Å². The van der Waals surface area contributed by atoms with Gasteiger partial charge >= 0.3 is 0 Å². The predicted molar refractivity (Wildman–Crippen MR) is 58.3 cm³/mol. The lowest BCUT2D eigenvalue weighted by Crippen LogP contribution is -2.45. The van der Waals surface area contributed by atoms with E-state index in [9.17, 15) is 0 Å². The Bertz CT molecular complexity index is 291. The first kappa shape index (κ1) is 10.5. The second-order valence-corrected chi connectivity index (χ2v) is 3.82. The van der Waals surface area contributed by atoms with Crippen molar-refractivity contribution in [1.82, 2.24) is 9.88 Å². The SMILES string of the molecule is NC[C@H]1CN(Cc2ccncc2)CCO1. The van der Waals surface area contributed by atoms with Crippen molar-refractivity contribution in [2.24, 2.45) is 5.73 Å². The minimum atomic E-state index is 0.195. The van der Waals surface area contributed by atoms with Gasteiger partial charge in [0, 0.05) is 38.6 Å². The monoisotopic (exact) mass is 207 g/mol. The fourth-order valence-electron chi connectivity index (χ4n) is 1.81. The van der Waals surface area contributed by atoms with E-state index in [0.29, 0.717) is 6.54 Å². The smallest absolute Gasteiger partial charge is 0.0824 e. The van der Waals surface area contributed by atoms with Gasteiger partial charge in [0.15, 0.2) is 0 Å². The molecule has 1 fully saturated rings. The van der Waals surface area contributed by atoms with Crippen LogP contribution in [0, 0.1) is 0 Å². The molecule has 1 atom stereocenters. The van der Waals surface area contributed by atoms with Crippen molar-refractivity contribution < 1.29 is 4.74 Å². The van der Waals surface area contributed by atoms with Crippen LogP contribution in [0.5, 0.6) is 0 Å². The summed E-state index contributed by atoms with van der Waals surface area (Å²) in [7, 11) is 0. The van der Waals surface area contributed by atoms with E-state index in [2.05, 4.69) is 9.88 Å². The average Bonchev–Trinajstić information content (AvgIpc) is 2.31. The molecule has 0 saturated carbocycles. The number of hydrogen-bond donors (Lipinski definition) is 1. The highest BCUT2D eigenvalue weighted by atomic mass is 16.5. The van der Waals surface area contributed by atoms with Crippen LogP contribution in [-0.2, 0) is 11.3 Å². The van der Waals surface area contributed by atoms with Gasteiger partial charge in [0.25, 0.3) is 0 Å². The maximum absolute atomic E-state index is 5.60. The number of pyridine rings is 1. The third-order valence-corrected chi connectivity index (χ3v) is 2.64. The highest BCUT2D eigenvalue weighted by molar-refractivity contribution is 5.09. The normalized spacial score (nSPS) is 22.9. The zero-order valence-electron chi connectivity index (χ0n) is 8.80. The molecule has 2 rings (SSSR count). The lowest BCUT2D eigenvalue weighted by Gasteiger charge is -2.32. The molecule has 15 heavy (non-hydrogen) atoms. The van der Waals surface area contributed by atoms with Crippen molar-refractivity contribution in [2.75, 3.05) is 26.2 Å². The lowest BCUT2D eigenvalue weighted by molar-refractivity contribution is -0.0260. The van der Waals surface area contributed by atoms with E-state index in [1.165, 1.54) is 5.56 Å². The summed E-state index contributed by atoms with van der Waals surface area (Å²) in [5.41, 5.74) is 6.89. The van der Waals surface area contributed by atoms with E-state index >= 15 is 0 Å². The predicted octanol–water partition coefficient (Wildman–Crippen LogP) is 0.241. The molecule has 0 unspecified atom stereocenters. The summed E-state index contributed by atoms with van der Waals surface area (Å²) in [5.74, 6) is 0. The number of ether oxygens (including phenoxy) is 1. The minimum absolute atomic E-state index is 0.195. The maximum Gasteiger partial charge on any atom is 0.0824 e. The van der Waals surface area contributed by atoms with E-state index in [1.807, 2.05) is 24.5 Å². The second kappa shape index (κ2) is 5.21. The third kappa shape index (κ3) is 2.99. The first-order chi connectivity index (χ1) is 7.38. The van der Waals surface area contributed by atoms with Crippen LogP contribution in [0.25, 0.3) is 0 Å². The van der Waals surface area contributed by atoms with E-state index in [1.54, 1.807) is 0 Å². The zero-order chi connectivity index (χ0) is 10.5. The van der Waals surface area contributed by atoms with Gasteiger partial charge in [-0.15, -0.1) is 0 Å². The zero-order valence-corrected chi connectivity index (χ0v) is 8.80. The van der Waals surface area contributed by atoms with Gasteiger partial charge in [-0.05, 0) is 17.7 Å². The molecule has 0 aromatic carbocycles. The Morgan fingerprint density at radius 1 is 1.47 bits per heavy atom. The van der Waals surface area contributed by atoms with Crippen molar-refractivity contribution in [2.45, 2.75) is 12.6 Å². The standard InChI is InChI=1S/C11H17N3O/c12-7-11-9-14(5-6-15-11)8-10-1-3-13-4-2-10/h1-4,11H,5-9,12H2/t11-/m0/s1. The van der Waals surface area contributed by atoms with Gasteiger partial charge < -0.3 is 10.5 Å². The van der Waals surface area contributed by atoms with Gasteiger partial charge in [-0.2, -0.15) is 0 Å². The van der Waals surface area contributed by atoms with Gasteiger partial charge in [0.05, 0.1) is 12.7 Å². The Labute approximate surface area is 90.0 Å². The molecule has 0 radical (unpaired) electrons. The number of morpholine rings is 1. The Morgan fingerprint density at radius 2 is 2.27 bits per heavy atom. The van der Waals surface area contributed by atoms with E-state index in [0.717, 1.165) is 26.2 Å². The quantitative estimate of drug-likeness (QED) is 0.771. The molecule has 1 aliphatic heterocycles. The van der Waals surface area contributed by atoms with Crippen LogP contribution < -0.4 is 5.73 Å². The maximum atomic E-state index is 5.60. The topological polar surface area (TPSA) is 51.4 Å². The van der Waals surface area contributed by atoms with Crippen LogP contribution in [0.2, 0.25) is 0 Å². The van der Waals surface area contributed by atoms with Crippen LogP contribution in [0.3, 0.4) is 0 Å². The number of nitrogens with zero attached hydrogens (tertiary/aromatic N) is 2.